The lowest BCUT2D eigenvalue weighted by molar-refractivity contribution is 0.0890. The van der Waals surface area contributed by atoms with Crippen molar-refractivity contribution < 1.29 is 23.4 Å². The van der Waals surface area contributed by atoms with Gasteiger partial charge in [0.1, 0.15) is 5.82 Å². The zero-order valence-corrected chi connectivity index (χ0v) is 21.8. The number of hydrogen-bond acceptors (Lipinski definition) is 7. The van der Waals surface area contributed by atoms with Gasteiger partial charge in [-0.25, -0.2) is 4.39 Å². The molecule has 0 bridgehead atoms. The van der Waals surface area contributed by atoms with Crippen LogP contribution >= 0.6 is 11.3 Å². The van der Waals surface area contributed by atoms with Crippen LogP contribution in [0.1, 0.15) is 28.2 Å². The monoisotopic (exact) mass is 513 g/mol. The number of hydrogen-bond donors (Lipinski definition) is 1. The molecule has 9 heteroatoms. The summed E-state index contributed by atoms with van der Waals surface area (Å²) in [6, 6.07) is 14.0. The number of carbonyl (C=O) groups excluding carboxylic acids is 1. The van der Waals surface area contributed by atoms with Crippen LogP contribution in [0.3, 0.4) is 0 Å². The van der Waals surface area contributed by atoms with Crippen LogP contribution in [0.4, 0.5) is 10.1 Å². The van der Waals surface area contributed by atoms with E-state index in [-0.39, 0.29) is 23.8 Å². The number of benzene rings is 2. The first-order valence-corrected chi connectivity index (χ1v) is 12.7. The molecule has 2 heterocycles. The summed E-state index contributed by atoms with van der Waals surface area (Å²) in [4.78, 5) is 19.2. The summed E-state index contributed by atoms with van der Waals surface area (Å²) < 4.78 is 29.5. The maximum atomic E-state index is 13.3. The molecule has 1 saturated heterocycles. The van der Waals surface area contributed by atoms with Crippen molar-refractivity contribution in [1.82, 2.24) is 10.2 Å². The van der Waals surface area contributed by atoms with E-state index >= 15 is 0 Å². The normalized spacial score (nSPS) is 15.8. The third kappa shape index (κ3) is 5.57. The van der Waals surface area contributed by atoms with Crippen molar-refractivity contribution in [3.8, 4) is 17.2 Å². The van der Waals surface area contributed by atoms with E-state index in [0.717, 1.165) is 31.9 Å². The Morgan fingerprint density at radius 2 is 1.61 bits per heavy atom. The lowest BCUT2D eigenvalue weighted by Crippen LogP contribution is -2.52. The fraction of sp³-hybridized carbons (Fsp3) is 0.370. The molecular weight excluding hydrogens is 481 g/mol. The summed E-state index contributed by atoms with van der Waals surface area (Å²) in [6.07, 6.45) is 0. The van der Waals surface area contributed by atoms with Crippen LogP contribution < -0.4 is 24.4 Å². The Labute approximate surface area is 215 Å². The van der Waals surface area contributed by atoms with E-state index in [2.05, 4.69) is 26.6 Å². The quantitative estimate of drug-likeness (QED) is 0.452. The molecule has 0 spiro atoms. The maximum absolute atomic E-state index is 13.3. The number of amides is 1. The topological polar surface area (TPSA) is 63.3 Å². The van der Waals surface area contributed by atoms with Crippen molar-refractivity contribution in [1.29, 1.82) is 0 Å². The number of halogens is 1. The molecule has 2 atom stereocenters. The Balaban J connectivity index is 1.50. The Kier molecular flexibility index (Phi) is 8.32. The zero-order chi connectivity index (χ0) is 25.7. The van der Waals surface area contributed by atoms with E-state index in [1.807, 2.05) is 25.1 Å². The summed E-state index contributed by atoms with van der Waals surface area (Å²) >= 11 is 1.69. The van der Waals surface area contributed by atoms with Gasteiger partial charge in [0.15, 0.2) is 11.5 Å². The number of methoxy groups -OCH3 is 3. The van der Waals surface area contributed by atoms with E-state index in [0.29, 0.717) is 22.8 Å². The van der Waals surface area contributed by atoms with Crippen LogP contribution in [-0.4, -0.2) is 64.4 Å². The second-order valence-electron chi connectivity index (χ2n) is 8.64. The van der Waals surface area contributed by atoms with Crippen LogP contribution in [0.2, 0.25) is 0 Å². The highest BCUT2D eigenvalue weighted by Crippen LogP contribution is 2.38. The molecule has 0 saturated carbocycles. The van der Waals surface area contributed by atoms with E-state index in [1.165, 1.54) is 38.3 Å². The molecule has 36 heavy (non-hydrogen) atoms. The fourth-order valence-electron chi connectivity index (χ4n) is 4.69. The average molecular weight is 514 g/mol. The number of thiophene rings is 1. The van der Waals surface area contributed by atoms with E-state index in [4.69, 9.17) is 14.2 Å². The van der Waals surface area contributed by atoms with Crippen LogP contribution in [0.15, 0.2) is 53.9 Å². The summed E-state index contributed by atoms with van der Waals surface area (Å²) in [6.45, 7) is 5.32. The molecule has 1 fully saturated rings. The van der Waals surface area contributed by atoms with Crippen molar-refractivity contribution in [2.75, 3.05) is 52.4 Å². The zero-order valence-electron chi connectivity index (χ0n) is 21.0. The predicted octanol–water partition coefficient (Wildman–Crippen LogP) is 4.59. The third-order valence-corrected chi connectivity index (χ3v) is 7.44. The van der Waals surface area contributed by atoms with Gasteiger partial charge >= 0.3 is 0 Å². The largest absolute Gasteiger partial charge is 0.493 e. The molecule has 0 aliphatic carbocycles. The Bertz CT molecular complexity index is 1120. The number of anilines is 1. The van der Waals surface area contributed by atoms with Crippen molar-refractivity contribution in [2.45, 2.75) is 19.0 Å². The predicted molar refractivity (Wildman–Crippen MR) is 140 cm³/mol. The summed E-state index contributed by atoms with van der Waals surface area (Å²) in [5.41, 5.74) is 1.45. The van der Waals surface area contributed by atoms with E-state index < -0.39 is 0 Å². The van der Waals surface area contributed by atoms with E-state index in [1.54, 1.807) is 23.5 Å². The molecule has 0 unspecified atom stereocenters. The highest BCUT2D eigenvalue weighted by molar-refractivity contribution is 7.10. The second-order valence-corrected chi connectivity index (χ2v) is 9.62. The standard InChI is InChI=1S/C27H32FN3O4S/c1-18(29-27(32)19-16-22(33-2)26(35-4)23(17-19)34-3)25(24-6-5-15-36-24)31-13-11-30(12-14-31)21-9-7-20(28)8-10-21/h5-10,15-18,25H,11-14H2,1-4H3,(H,29,32)/t18-,25-/m1/s1. The van der Waals surface area contributed by atoms with Gasteiger partial charge in [-0.1, -0.05) is 6.07 Å². The van der Waals surface area contributed by atoms with Crippen molar-refractivity contribution in [3.63, 3.8) is 0 Å². The van der Waals surface area contributed by atoms with Gasteiger partial charge < -0.3 is 24.4 Å². The lowest BCUT2D eigenvalue weighted by atomic mass is 10.0. The van der Waals surface area contributed by atoms with Gasteiger partial charge in [-0.2, -0.15) is 0 Å². The Hall–Kier alpha value is -3.30. The molecule has 1 N–H and O–H groups in total. The first-order valence-electron chi connectivity index (χ1n) is 11.8. The van der Waals surface area contributed by atoms with Gasteiger partial charge in [0.25, 0.3) is 5.91 Å². The Morgan fingerprint density at radius 3 is 2.14 bits per heavy atom. The molecule has 0 radical (unpaired) electrons. The van der Waals surface area contributed by atoms with Crippen molar-refractivity contribution in [2.24, 2.45) is 0 Å². The minimum atomic E-state index is -0.230. The minimum Gasteiger partial charge on any atom is -0.493 e. The smallest absolute Gasteiger partial charge is 0.251 e. The van der Waals surface area contributed by atoms with Crippen LogP contribution in [0, 0.1) is 5.82 Å². The molecule has 1 aliphatic rings. The molecule has 3 aromatic rings. The fourth-order valence-corrected chi connectivity index (χ4v) is 5.66. The number of nitrogens with zero attached hydrogens (tertiary/aromatic N) is 2. The minimum absolute atomic E-state index is 0.0198. The first kappa shape index (κ1) is 25.8. The summed E-state index contributed by atoms with van der Waals surface area (Å²) in [5, 5.41) is 5.25. The molecular formula is C27H32FN3O4S. The van der Waals surface area contributed by atoms with Crippen LogP contribution in [0.5, 0.6) is 17.2 Å². The van der Waals surface area contributed by atoms with Crippen molar-refractivity contribution in [3.05, 3.63) is 70.2 Å². The number of piperazine rings is 1. The van der Waals surface area contributed by atoms with Gasteiger partial charge in [0, 0.05) is 48.3 Å². The van der Waals surface area contributed by atoms with Gasteiger partial charge in [-0.15, -0.1) is 11.3 Å². The van der Waals surface area contributed by atoms with Gasteiger partial charge in [0.2, 0.25) is 5.75 Å². The van der Waals surface area contributed by atoms with Crippen molar-refractivity contribution >= 4 is 22.9 Å². The average Bonchev–Trinajstić information content (AvgIpc) is 3.43. The SMILES string of the molecule is COc1cc(C(=O)N[C@H](C)[C@H](c2cccs2)N2CCN(c3ccc(F)cc3)CC2)cc(OC)c1OC. The molecule has 192 valence electrons. The first-order chi connectivity index (χ1) is 17.4. The highest BCUT2D eigenvalue weighted by Gasteiger charge is 2.31. The van der Waals surface area contributed by atoms with Crippen LogP contribution in [0.25, 0.3) is 0 Å². The second kappa shape index (κ2) is 11.6. The van der Waals surface area contributed by atoms with Gasteiger partial charge in [0.05, 0.1) is 27.4 Å². The number of rotatable bonds is 9. The Morgan fingerprint density at radius 1 is 0.972 bits per heavy atom. The van der Waals surface area contributed by atoms with E-state index in [9.17, 15) is 9.18 Å². The molecule has 7 nitrogen and oxygen atoms in total. The lowest BCUT2D eigenvalue weighted by Gasteiger charge is -2.42. The molecule has 1 aliphatic heterocycles. The maximum Gasteiger partial charge on any atom is 0.251 e. The summed E-state index contributed by atoms with van der Waals surface area (Å²) in [7, 11) is 4.59. The molecule has 1 amide bonds. The summed E-state index contributed by atoms with van der Waals surface area (Å²) in [5.74, 6) is 0.864. The molecule has 1 aromatic heterocycles. The number of ether oxygens (including phenoxy) is 3. The van der Waals surface area contributed by atoms with Gasteiger partial charge in [-0.05, 0) is 54.8 Å². The highest BCUT2D eigenvalue weighted by atomic mass is 32.1. The number of nitrogens with one attached hydrogen (secondary N) is 1. The van der Waals surface area contributed by atoms with Crippen LogP contribution in [-0.2, 0) is 0 Å². The third-order valence-electron chi connectivity index (χ3n) is 6.49. The van der Waals surface area contributed by atoms with Gasteiger partial charge in [-0.3, -0.25) is 9.69 Å². The molecule has 2 aromatic carbocycles. The number of carbonyl (C=O) groups is 1. The molecule has 4 rings (SSSR count).